The van der Waals surface area contributed by atoms with E-state index in [-0.39, 0.29) is 11.4 Å². The number of amides is 1. The van der Waals surface area contributed by atoms with E-state index in [1.807, 2.05) is 31.3 Å². The smallest absolute Gasteiger partial charge is 0.280 e. The molecule has 0 unspecified atom stereocenters. The van der Waals surface area contributed by atoms with Gasteiger partial charge in [0.1, 0.15) is 0 Å². The van der Waals surface area contributed by atoms with E-state index in [4.69, 9.17) is 0 Å². The number of alkyl halides is 2. The van der Waals surface area contributed by atoms with E-state index in [1.54, 1.807) is 16.1 Å². The molecule has 0 spiro atoms. The predicted molar refractivity (Wildman–Crippen MR) is 93.1 cm³/mol. The van der Waals surface area contributed by atoms with Crippen LogP contribution < -0.4 is 5.32 Å². The van der Waals surface area contributed by atoms with Crippen LogP contribution in [0.25, 0.3) is 16.8 Å². The first-order valence-electron chi connectivity index (χ1n) is 8.04. The molecule has 5 nitrogen and oxygen atoms in total. The van der Waals surface area contributed by atoms with E-state index in [1.165, 1.54) is 0 Å². The molecule has 0 aliphatic heterocycles. The Morgan fingerprint density at radius 3 is 3.04 bits per heavy atom. The lowest BCUT2D eigenvalue weighted by molar-refractivity contribution is -0.00758. The monoisotopic (exact) mass is 364 g/mol. The number of carbonyl (C=O) groups is 1. The number of unbranched alkanes of at least 4 members (excludes halogenated alkanes) is 1. The fraction of sp³-hybridized carbons (Fsp3) is 0.353. The number of hydrogen-bond donors (Lipinski definition) is 1. The summed E-state index contributed by atoms with van der Waals surface area (Å²) in [6.07, 6.45) is 4.38. The van der Waals surface area contributed by atoms with E-state index in [0.29, 0.717) is 18.5 Å². The van der Waals surface area contributed by atoms with E-state index in [9.17, 15) is 13.6 Å². The minimum atomic E-state index is -2.89. The average Bonchev–Trinajstić information content (AvgIpc) is 3.24. The van der Waals surface area contributed by atoms with Crippen LogP contribution in [0.3, 0.4) is 0 Å². The molecule has 0 fully saturated rings. The van der Waals surface area contributed by atoms with Crippen molar-refractivity contribution in [1.29, 1.82) is 0 Å². The Labute approximate surface area is 147 Å². The number of carbonyl (C=O) groups excluding carboxylic acids is 1. The molecule has 3 heterocycles. The van der Waals surface area contributed by atoms with Crippen molar-refractivity contribution in [3.8, 4) is 11.3 Å². The Hall–Kier alpha value is -2.35. The molecule has 1 amide bonds. The summed E-state index contributed by atoms with van der Waals surface area (Å²) in [5.74, 6) is -3.47. The van der Waals surface area contributed by atoms with Crippen LogP contribution in [-0.4, -0.2) is 33.0 Å². The van der Waals surface area contributed by atoms with Crippen molar-refractivity contribution in [3.05, 3.63) is 41.0 Å². The summed E-state index contributed by atoms with van der Waals surface area (Å²) in [4.78, 5) is 16.4. The molecule has 0 saturated heterocycles. The van der Waals surface area contributed by atoms with Gasteiger partial charge in [0.05, 0.1) is 24.0 Å². The molecule has 25 heavy (non-hydrogen) atoms. The van der Waals surface area contributed by atoms with Crippen molar-refractivity contribution >= 4 is 22.8 Å². The first kappa shape index (κ1) is 17.5. The summed E-state index contributed by atoms with van der Waals surface area (Å²) in [5.41, 5.74) is 2.27. The van der Waals surface area contributed by atoms with Crippen molar-refractivity contribution in [2.45, 2.75) is 32.1 Å². The third-order valence-electron chi connectivity index (χ3n) is 3.80. The summed E-state index contributed by atoms with van der Waals surface area (Å²) < 4.78 is 29.0. The summed E-state index contributed by atoms with van der Waals surface area (Å²) in [5, 5.41) is 8.40. The van der Waals surface area contributed by atoms with E-state index in [0.717, 1.165) is 22.4 Å². The number of pyridine rings is 1. The average molecular weight is 364 g/mol. The van der Waals surface area contributed by atoms with E-state index >= 15 is 0 Å². The van der Waals surface area contributed by atoms with Crippen molar-refractivity contribution in [2.24, 2.45) is 0 Å². The second-order valence-corrected chi connectivity index (χ2v) is 6.63. The molecule has 0 radical (unpaired) electrons. The maximum Gasteiger partial charge on any atom is 0.280 e. The standard InChI is InChI=1S/C17H18F2N4OS/c1-2-3-7-17(18,19)11-20-15(24)16-22-13(10-25-16)12-9-21-23-8-5-4-6-14(12)23/h4-6,8-10H,2-3,7,11H2,1H3,(H,20,24). The van der Waals surface area contributed by atoms with E-state index < -0.39 is 18.4 Å². The van der Waals surface area contributed by atoms with Crippen LogP contribution in [0.15, 0.2) is 36.0 Å². The number of halogens is 2. The van der Waals surface area contributed by atoms with Gasteiger partial charge in [-0.2, -0.15) is 5.10 Å². The van der Waals surface area contributed by atoms with Crippen LogP contribution in [0, 0.1) is 0 Å². The highest BCUT2D eigenvalue weighted by Crippen LogP contribution is 2.26. The first-order valence-corrected chi connectivity index (χ1v) is 8.92. The number of nitrogens with zero attached hydrogens (tertiary/aromatic N) is 3. The molecule has 0 bridgehead atoms. The number of nitrogens with one attached hydrogen (secondary N) is 1. The van der Waals surface area contributed by atoms with Crippen LogP contribution in [0.2, 0.25) is 0 Å². The van der Waals surface area contributed by atoms with Crippen molar-refractivity contribution in [3.63, 3.8) is 0 Å². The van der Waals surface area contributed by atoms with Crippen LogP contribution >= 0.6 is 11.3 Å². The molecule has 0 aliphatic carbocycles. The van der Waals surface area contributed by atoms with Crippen molar-refractivity contribution < 1.29 is 13.6 Å². The molecule has 0 aliphatic rings. The largest absolute Gasteiger partial charge is 0.344 e. The lowest BCUT2D eigenvalue weighted by atomic mass is 10.1. The SMILES string of the molecule is CCCCC(F)(F)CNC(=O)c1nc(-c2cnn3ccccc23)cs1. The maximum atomic E-state index is 13.6. The topological polar surface area (TPSA) is 59.3 Å². The van der Waals surface area contributed by atoms with Gasteiger partial charge in [0, 0.05) is 23.6 Å². The fourth-order valence-corrected chi connectivity index (χ4v) is 3.18. The van der Waals surface area contributed by atoms with Crippen molar-refractivity contribution in [2.75, 3.05) is 6.54 Å². The van der Waals surface area contributed by atoms with Gasteiger partial charge >= 0.3 is 0 Å². The summed E-state index contributed by atoms with van der Waals surface area (Å²) in [6, 6.07) is 5.65. The third-order valence-corrected chi connectivity index (χ3v) is 4.65. The normalized spacial score (nSPS) is 11.8. The quantitative estimate of drug-likeness (QED) is 0.689. The van der Waals surface area contributed by atoms with Gasteiger partial charge in [-0.05, 0) is 18.6 Å². The first-order chi connectivity index (χ1) is 12.0. The molecular weight excluding hydrogens is 346 g/mol. The van der Waals surface area contributed by atoms with Crippen LogP contribution in [-0.2, 0) is 0 Å². The highest BCUT2D eigenvalue weighted by Gasteiger charge is 2.29. The molecule has 3 aromatic rings. The van der Waals surface area contributed by atoms with Gasteiger partial charge < -0.3 is 5.32 Å². The van der Waals surface area contributed by atoms with Gasteiger partial charge in [-0.3, -0.25) is 4.79 Å². The lowest BCUT2D eigenvalue weighted by Gasteiger charge is -2.15. The molecule has 1 N–H and O–H groups in total. The Morgan fingerprint density at radius 1 is 1.40 bits per heavy atom. The second-order valence-electron chi connectivity index (χ2n) is 5.77. The second kappa shape index (κ2) is 7.26. The highest BCUT2D eigenvalue weighted by molar-refractivity contribution is 7.12. The predicted octanol–water partition coefficient (Wildman–Crippen LogP) is 4.01. The Kier molecular flexibility index (Phi) is 5.08. The van der Waals surface area contributed by atoms with Gasteiger partial charge in [0.2, 0.25) is 0 Å². The number of fused-ring (bicyclic) bond motifs is 1. The Bertz CT molecular complexity index is 874. The molecule has 0 saturated carbocycles. The summed E-state index contributed by atoms with van der Waals surface area (Å²) in [6.45, 7) is 1.18. The van der Waals surface area contributed by atoms with Crippen LogP contribution in [0.4, 0.5) is 8.78 Å². The van der Waals surface area contributed by atoms with Gasteiger partial charge in [0.15, 0.2) is 5.01 Å². The van der Waals surface area contributed by atoms with Gasteiger partial charge in [-0.25, -0.2) is 18.3 Å². The molecule has 3 aromatic heterocycles. The molecule has 0 aromatic carbocycles. The zero-order valence-electron chi connectivity index (χ0n) is 13.7. The van der Waals surface area contributed by atoms with Gasteiger partial charge in [-0.15, -0.1) is 11.3 Å². The number of hydrogen-bond acceptors (Lipinski definition) is 4. The molecule has 8 heteroatoms. The maximum absolute atomic E-state index is 13.6. The fourth-order valence-electron chi connectivity index (χ4n) is 2.44. The van der Waals surface area contributed by atoms with Gasteiger partial charge in [-0.1, -0.05) is 19.4 Å². The minimum absolute atomic E-state index is 0.163. The number of thiazole rings is 1. The summed E-state index contributed by atoms with van der Waals surface area (Å²) in [7, 11) is 0. The Morgan fingerprint density at radius 2 is 2.24 bits per heavy atom. The third kappa shape index (κ3) is 4.01. The molecular formula is C17H18F2N4OS. The summed E-state index contributed by atoms with van der Waals surface area (Å²) >= 11 is 1.13. The minimum Gasteiger partial charge on any atom is -0.344 e. The number of rotatable bonds is 7. The Balaban J connectivity index is 1.70. The lowest BCUT2D eigenvalue weighted by Crippen LogP contribution is -2.36. The molecule has 132 valence electrons. The van der Waals surface area contributed by atoms with E-state index in [2.05, 4.69) is 15.4 Å². The van der Waals surface area contributed by atoms with Crippen LogP contribution in [0.1, 0.15) is 36.0 Å². The molecule has 3 rings (SSSR count). The number of aromatic nitrogens is 3. The van der Waals surface area contributed by atoms with Crippen molar-refractivity contribution in [1.82, 2.24) is 19.9 Å². The zero-order valence-corrected chi connectivity index (χ0v) is 14.5. The highest BCUT2D eigenvalue weighted by atomic mass is 32.1. The van der Waals surface area contributed by atoms with Crippen LogP contribution in [0.5, 0.6) is 0 Å². The zero-order chi connectivity index (χ0) is 17.9. The molecule has 0 atom stereocenters. The van der Waals surface area contributed by atoms with Gasteiger partial charge in [0.25, 0.3) is 11.8 Å².